The van der Waals surface area contributed by atoms with Crippen molar-refractivity contribution < 1.29 is 4.74 Å². The SMILES string of the molecule is CCc1cc(N2CC(C)OCC2c2ccccc2)nc(-c2ccccn2)n1. The molecule has 138 valence electrons. The summed E-state index contributed by atoms with van der Waals surface area (Å²) in [4.78, 5) is 16.4. The van der Waals surface area contributed by atoms with E-state index in [9.17, 15) is 0 Å². The molecule has 1 aliphatic rings. The maximum absolute atomic E-state index is 5.97. The second kappa shape index (κ2) is 7.84. The number of ether oxygens (including phenoxy) is 1. The predicted molar refractivity (Wildman–Crippen MR) is 107 cm³/mol. The van der Waals surface area contributed by atoms with Gasteiger partial charge in [-0.1, -0.05) is 43.3 Å². The summed E-state index contributed by atoms with van der Waals surface area (Å²) in [5, 5.41) is 0. The third kappa shape index (κ3) is 3.83. The van der Waals surface area contributed by atoms with Crippen LogP contribution in [0, 0.1) is 0 Å². The molecule has 1 saturated heterocycles. The molecule has 0 spiro atoms. The lowest BCUT2D eigenvalue weighted by atomic mass is 10.0. The topological polar surface area (TPSA) is 51.1 Å². The van der Waals surface area contributed by atoms with Gasteiger partial charge < -0.3 is 9.64 Å². The fourth-order valence-electron chi connectivity index (χ4n) is 3.43. The summed E-state index contributed by atoms with van der Waals surface area (Å²) in [6.45, 7) is 5.66. The van der Waals surface area contributed by atoms with Crippen LogP contribution in [0.2, 0.25) is 0 Å². The van der Waals surface area contributed by atoms with Gasteiger partial charge in [-0.2, -0.15) is 0 Å². The first-order valence-corrected chi connectivity index (χ1v) is 9.47. The van der Waals surface area contributed by atoms with Gasteiger partial charge >= 0.3 is 0 Å². The highest BCUT2D eigenvalue weighted by atomic mass is 16.5. The highest BCUT2D eigenvalue weighted by molar-refractivity contribution is 5.55. The Morgan fingerprint density at radius 1 is 1.07 bits per heavy atom. The number of aryl methyl sites for hydroxylation is 1. The molecule has 0 aliphatic carbocycles. The first-order chi connectivity index (χ1) is 13.2. The number of aromatic nitrogens is 3. The van der Waals surface area contributed by atoms with Crippen molar-refractivity contribution in [1.82, 2.24) is 15.0 Å². The number of anilines is 1. The van der Waals surface area contributed by atoms with E-state index in [2.05, 4.69) is 54.1 Å². The number of rotatable bonds is 4. The molecule has 0 saturated carbocycles. The van der Waals surface area contributed by atoms with Crippen LogP contribution in [0.4, 0.5) is 5.82 Å². The predicted octanol–water partition coefficient (Wildman–Crippen LogP) is 4.07. The molecule has 5 nitrogen and oxygen atoms in total. The monoisotopic (exact) mass is 360 g/mol. The van der Waals surface area contributed by atoms with E-state index < -0.39 is 0 Å². The zero-order valence-electron chi connectivity index (χ0n) is 15.7. The lowest BCUT2D eigenvalue weighted by Gasteiger charge is -2.40. The molecule has 1 fully saturated rings. The molecule has 5 heteroatoms. The summed E-state index contributed by atoms with van der Waals surface area (Å²) >= 11 is 0. The van der Waals surface area contributed by atoms with Crippen LogP contribution in [0.5, 0.6) is 0 Å². The van der Waals surface area contributed by atoms with Crippen molar-refractivity contribution in [2.75, 3.05) is 18.1 Å². The van der Waals surface area contributed by atoms with Crippen molar-refractivity contribution in [3.63, 3.8) is 0 Å². The first kappa shape index (κ1) is 17.6. The van der Waals surface area contributed by atoms with Gasteiger partial charge in [0.15, 0.2) is 5.82 Å². The van der Waals surface area contributed by atoms with Crippen LogP contribution >= 0.6 is 0 Å². The molecule has 27 heavy (non-hydrogen) atoms. The van der Waals surface area contributed by atoms with E-state index in [-0.39, 0.29) is 12.1 Å². The second-order valence-corrected chi connectivity index (χ2v) is 6.83. The Bertz CT molecular complexity index is 885. The summed E-state index contributed by atoms with van der Waals surface area (Å²) in [6.07, 6.45) is 2.79. The smallest absolute Gasteiger partial charge is 0.180 e. The Morgan fingerprint density at radius 3 is 2.63 bits per heavy atom. The average molecular weight is 360 g/mol. The van der Waals surface area contributed by atoms with Crippen LogP contribution in [-0.4, -0.2) is 34.2 Å². The lowest BCUT2D eigenvalue weighted by Crippen LogP contribution is -2.44. The van der Waals surface area contributed by atoms with E-state index in [1.165, 1.54) is 5.56 Å². The van der Waals surface area contributed by atoms with Crippen LogP contribution < -0.4 is 4.90 Å². The first-order valence-electron chi connectivity index (χ1n) is 9.47. The maximum Gasteiger partial charge on any atom is 0.180 e. The van der Waals surface area contributed by atoms with Crippen LogP contribution in [0.25, 0.3) is 11.5 Å². The summed E-state index contributed by atoms with van der Waals surface area (Å²) in [5.74, 6) is 1.61. The zero-order valence-corrected chi connectivity index (χ0v) is 15.7. The Balaban J connectivity index is 1.77. The highest BCUT2D eigenvalue weighted by Gasteiger charge is 2.29. The zero-order chi connectivity index (χ0) is 18.6. The van der Waals surface area contributed by atoms with Crippen LogP contribution in [0.15, 0.2) is 60.8 Å². The molecule has 2 aromatic heterocycles. The standard InChI is InChI=1S/C22H24N4O/c1-3-18-13-21(25-22(24-18)19-11-7-8-12-23-19)26-14-16(2)27-15-20(26)17-9-5-4-6-10-17/h4-13,16,20H,3,14-15H2,1-2H3. The molecule has 3 heterocycles. The highest BCUT2D eigenvalue weighted by Crippen LogP contribution is 2.31. The molecule has 0 N–H and O–H groups in total. The molecule has 2 atom stereocenters. The van der Waals surface area contributed by atoms with Crippen molar-refractivity contribution in [1.29, 1.82) is 0 Å². The molecule has 0 amide bonds. The van der Waals surface area contributed by atoms with Crippen molar-refractivity contribution in [2.45, 2.75) is 32.4 Å². The molecular weight excluding hydrogens is 336 g/mol. The van der Waals surface area contributed by atoms with Gasteiger partial charge in [0.05, 0.1) is 18.8 Å². The Labute approximate surface area is 160 Å². The number of nitrogens with zero attached hydrogens (tertiary/aromatic N) is 4. The Morgan fingerprint density at radius 2 is 1.89 bits per heavy atom. The van der Waals surface area contributed by atoms with Crippen LogP contribution in [0.1, 0.15) is 31.1 Å². The van der Waals surface area contributed by atoms with Gasteiger partial charge in [0, 0.05) is 24.5 Å². The molecule has 3 aromatic rings. The number of benzene rings is 1. The van der Waals surface area contributed by atoms with E-state index in [0.29, 0.717) is 12.4 Å². The van der Waals surface area contributed by atoms with E-state index in [1.807, 2.05) is 24.3 Å². The third-order valence-corrected chi connectivity index (χ3v) is 4.87. The van der Waals surface area contributed by atoms with Crippen LogP contribution in [-0.2, 0) is 11.2 Å². The molecule has 4 rings (SSSR count). The summed E-state index contributed by atoms with van der Waals surface area (Å²) in [5.41, 5.74) is 3.05. The molecule has 0 radical (unpaired) electrons. The minimum absolute atomic E-state index is 0.138. The molecule has 1 aliphatic heterocycles. The van der Waals surface area contributed by atoms with Crippen molar-refractivity contribution >= 4 is 5.82 Å². The van der Waals surface area contributed by atoms with Gasteiger partial charge in [-0.05, 0) is 31.0 Å². The van der Waals surface area contributed by atoms with Gasteiger partial charge in [-0.3, -0.25) is 4.98 Å². The van der Waals surface area contributed by atoms with E-state index in [0.717, 1.165) is 30.2 Å². The Hall–Kier alpha value is -2.79. The summed E-state index contributed by atoms with van der Waals surface area (Å²) < 4.78 is 5.97. The van der Waals surface area contributed by atoms with Gasteiger partial charge in [0.2, 0.25) is 0 Å². The fraction of sp³-hybridized carbons (Fsp3) is 0.318. The van der Waals surface area contributed by atoms with E-state index in [1.54, 1.807) is 6.20 Å². The fourth-order valence-corrected chi connectivity index (χ4v) is 3.43. The molecule has 1 aromatic carbocycles. The van der Waals surface area contributed by atoms with Gasteiger partial charge in [-0.15, -0.1) is 0 Å². The lowest BCUT2D eigenvalue weighted by molar-refractivity contribution is 0.0300. The van der Waals surface area contributed by atoms with Gasteiger partial charge in [-0.25, -0.2) is 9.97 Å². The quantitative estimate of drug-likeness (QED) is 0.702. The van der Waals surface area contributed by atoms with E-state index in [4.69, 9.17) is 14.7 Å². The van der Waals surface area contributed by atoms with Crippen molar-refractivity contribution in [3.05, 3.63) is 72.1 Å². The molecular formula is C22H24N4O. The normalized spacial score (nSPS) is 19.9. The van der Waals surface area contributed by atoms with Crippen LogP contribution in [0.3, 0.4) is 0 Å². The summed E-state index contributed by atoms with van der Waals surface area (Å²) in [7, 11) is 0. The van der Waals surface area contributed by atoms with Crippen molar-refractivity contribution in [2.24, 2.45) is 0 Å². The number of pyridine rings is 1. The number of hydrogen-bond acceptors (Lipinski definition) is 5. The van der Waals surface area contributed by atoms with E-state index >= 15 is 0 Å². The minimum Gasteiger partial charge on any atom is -0.374 e. The van der Waals surface area contributed by atoms with Gasteiger partial charge in [0.25, 0.3) is 0 Å². The third-order valence-electron chi connectivity index (χ3n) is 4.87. The van der Waals surface area contributed by atoms with Gasteiger partial charge in [0.1, 0.15) is 11.5 Å². The Kier molecular flexibility index (Phi) is 5.12. The summed E-state index contributed by atoms with van der Waals surface area (Å²) in [6, 6.07) is 18.5. The number of morpholine rings is 1. The largest absolute Gasteiger partial charge is 0.374 e. The molecule has 0 bridgehead atoms. The minimum atomic E-state index is 0.138. The second-order valence-electron chi connectivity index (χ2n) is 6.83. The average Bonchev–Trinajstić information content (AvgIpc) is 2.74. The maximum atomic E-state index is 5.97. The molecule has 2 unspecified atom stereocenters. The number of hydrogen-bond donors (Lipinski definition) is 0. The van der Waals surface area contributed by atoms with Crippen molar-refractivity contribution in [3.8, 4) is 11.5 Å².